The topological polar surface area (TPSA) is 0 Å². The van der Waals surface area contributed by atoms with Crippen molar-refractivity contribution in [2.45, 2.75) is 12.3 Å². The average molecular weight is 292 g/mol. The molecule has 0 nitrogen and oxygen atoms in total. The van der Waals surface area contributed by atoms with E-state index in [2.05, 4.69) is 27.8 Å². The summed E-state index contributed by atoms with van der Waals surface area (Å²) in [7, 11) is 0. The normalized spacial score (nSPS) is 9.36. The van der Waals surface area contributed by atoms with Crippen molar-refractivity contribution in [3.8, 4) is 11.8 Å². The molecule has 0 aromatic heterocycles. The Hall–Kier alpha value is -0.160. The Morgan fingerprint density at radius 2 is 2.14 bits per heavy atom. The quantitative estimate of drug-likeness (QED) is 0.565. The Bertz CT molecular complexity index is 363. The summed E-state index contributed by atoms with van der Waals surface area (Å²) in [5, 5.41) is 1.60. The molecule has 0 heterocycles. The standard InChI is InChI=1S/C11H9BrCl2/c12-6-2-1-3-9-4-5-11(14)10(7-9)8-13/h4-5,7H,2,6,8H2. The summed E-state index contributed by atoms with van der Waals surface area (Å²) in [6.07, 6.45) is 0.846. The van der Waals surface area contributed by atoms with E-state index in [1.165, 1.54) is 0 Å². The summed E-state index contributed by atoms with van der Waals surface area (Å²) >= 11 is 15.0. The molecule has 0 unspecified atom stereocenters. The fourth-order valence-corrected chi connectivity index (χ4v) is 1.64. The highest BCUT2D eigenvalue weighted by Gasteiger charge is 1.98. The molecule has 0 saturated carbocycles. The highest BCUT2D eigenvalue weighted by atomic mass is 79.9. The summed E-state index contributed by atoms with van der Waals surface area (Å²) in [6.45, 7) is 0. The Morgan fingerprint density at radius 3 is 2.79 bits per heavy atom. The molecule has 0 N–H and O–H groups in total. The van der Waals surface area contributed by atoms with Crippen molar-refractivity contribution >= 4 is 39.1 Å². The molecule has 0 aliphatic heterocycles. The minimum Gasteiger partial charge on any atom is -0.121 e. The van der Waals surface area contributed by atoms with Gasteiger partial charge in [0.15, 0.2) is 0 Å². The molecule has 0 amide bonds. The Morgan fingerprint density at radius 1 is 1.36 bits per heavy atom. The molecule has 0 fully saturated rings. The maximum absolute atomic E-state index is 5.92. The van der Waals surface area contributed by atoms with Gasteiger partial charge in [0.05, 0.1) is 0 Å². The van der Waals surface area contributed by atoms with Crippen molar-refractivity contribution in [3.05, 3.63) is 34.3 Å². The SMILES string of the molecule is ClCc1cc(C#CCCBr)ccc1Cl. The number of hydrogen-bond donors (Lipinski definition) is 0. The van der Waals surface area contributed by atoms with Gasteiger partial charge in [-0.3, -0.25) is 0 Å². The van der Waals surface area contributed by atoms with Crippen LogP contribution >= 0.6 is 39.1 Å². The number of hydrogen-bond acceptors (Lipinski definition) is 0. The van der Waals surface area contributed by atoms with Crippen LogP contribution < -0.4 is 0 Å². The van der Waals surface area contributed by atoms with E-state index in [0.717, 1.165) is 22.9 Å². The van der Waals surface area contributed by atoms with Gasteiger partial charge in [0.25, 0.3) is 0 Å². The fraction of sp³-hybridized carbons (Fsp3) is 0.273. The molecule has 0 radical (unpaired) electrons. The van der Waals surface area contributed by atoms with Crippen molar-refractivity contribution in [2.75, 3.05) is 5.33 Å². The largest absolute Gasteiger partial charge is 0.121 e. The van der Waals surface area contributed by atoms with E-state index in [1.807, 2.05) is 18.2 Å². The van der Waals surface area contributed by atoms with Crippen LogP contribution in [0.4, 0.5) is 0 Å². The average Bonchev–Trinajstić information content (AvgIpc) is 2.21. The molecule has 1 rings (SSSR count). The molecular weight excluding hydrogens is 283 g/mol. The van der Waals surface area contributed by atoms with E-state index in [4.69, 9.17) is 23.2 Å². The number of halogens is 3. The maximum atomic E-state index is 5.92. The van der Waals surface area contributed by atoms with Crippen LogP contribution in [0.2, 0.25) is 5.02 Å². The second-order valence-electron chi connectivity index (χ2n) is 2.68. The third-order valence-electron chi connectivity index (χ3n) is 1.64. The third-order valence-corrected chi connectivity index (χ3v) is 2.70. The van der Waals surface area contributed by atoms with Crippen molar-refractivity contribution in [3.63, 3.8) is 0 Å². The van der Waals surface area contributed by atoms with Gasteiger partial charge in [-0.25, -0.2) is 0 Å². The smallest absolute Gasteiger partial charge is 0.0489 e. The van der Waals surface area contributed by atoms with Gasteiger partial charge >= 0.3 is 0 Å². The lowest BCUT2D eigenvalue weighted by atomic mass is 10.1. The van der Waals surface area contributed by atoms with Crippen LogP contribution in [-0.4, -0.2) is 5.33 Å². The molecule has 0 aliphatic carbocycles. The van der Waals surface area contributed by atoms with Crippen LogP contribution in [0.15, 0.2) is 18.2 Å². The van der Waals surface area contributed by atoms with Crippen molar-refractivity contribution < 1.29 is 0 Å². The Kier molecular flexibility index (Phi) is 5.40. The van der Waals surface area contributed by atoms with E-state index in [0.29, 0.717) is 10.9 Å². The van der Waals surface area contributed by atoms with E-state index < -0.39 is 0 Å². The molecule has 0 spiro atoms. The number of rotatable bonds is 2. The molecule has 0 bridgehead atoms. The van der Waals surface area contributed by atoms with Gasteiger partial charge in [0.1, 0.15) is 0 Å². The molecular formula is C11H9BrCl2. The molecule has 3 heteroatoms. The summed E-state index contributed by atoms with van der Waals surface area (Å²) in [5.74, 6) is 6.51. The molecule has 1 aromatic rings. The summed E-state index contributed by atoms with van der Waals surface area (Å²) in [4.78, 5) is 0. The van der Waals surface area contributed by atoms with Crippen LogP contribution in [0.3, 0.4) is 0 Å². The minimum absolute atomic E-state index is 0.423. The second-order valence-corrected chi connectivity index (χ2v) is 4.15. The van der Waals surface area contributed by atoms with Crippen LogP contribution in [0, 0.1) is 11.8 Å². The molecule has 0 saturated heterocycles. The maximum Gasteiger partial charge on any atom is 0.0489 e. The first-order chi connectivity index (χ1) is 6.77. The molecule has 0 aliphatic rings. The van der Waals surface area contributed by atoms with Crippen LogP contribution in [0.25, 0.3) is 0 Å². The lowest BCUT2D eigenvalue weighted by Crippen LogP contribution is -1.82. The predicted octanol–water partition coefficient (Wildman–Crippen LogP) is 4.22. The van der Waals surface area contributed by atoms with Gasteiger partial charge in [0, 0.05) is 28.2 Å². The zero-order valence-corrected chi connectivity index (χ0v) is 10.6. The molecule has 1 aromatic carbocycles. The fourth-order valence-electron chi connectivity index (χ4n) is 0.967. The first-order valence-corrected chi connectivity index (χ1v) is 6.20. The minimum atomic E-state index is 0.423. The Balaban J connectivity index is 2.86. The zero-order chi connectivity index (χ0) is 10.4. The number of benzene rings is 1. The van der Waals surface area contributed by atoms with E-state index in [1.54, 1.807) is 0 Å². The number of alkyl halides is 2. The van der Waals surface area contributed by atoms with E-state index in [9.17, 15) is 0 Å². The second kappa shape index (κ2) is 6.35. The van der Waals surface area contributed by atoms with Crippen molar-refractivity contribution in [1.82, 2.24) is 0 Å². The summed E-state index contributed by atoms with van der Waals surface area (Å²) < 4.78 is 0. The predicted molar refractivity (Wildman–Crippen MR) is 66.3 cm³/mol. The van der Waals surface area contributed by atoms with Gasteiger partial charge in [0.2, 0.25) is 0 Å². The summed E-state index contributed by atoms with van der Waals surface area (Å²) in [5.41, 5.74) is 1.89. The molecule has 74 valence electrons. The first-order valence-electron chi connectivity index (χ1n) is 4.17. The first kappa shape index (κ1) is 11.9. The van der Waals surface area contributed by atoms with Crippen molar-refractivity contribution in [1.29, 1.82) is 0 Å². The van der Waals surface area contributed by atoms with Gasteiger partial charge in [-0.15, -0.1) is 11.6 Å². The van der Waals surface area contributed by atoms with E-state index >= 15 is 0 Å². The van der Waals surface area contributed by atoms with Gasteiger partial charge in [-0.05, 0) is 23.8 Å². The van der Waals surface area contributed by atoms with Gasteiger partial charge in [-0.2, -0.15) is 0 Å². The lowest BCUT2D eigenvalue weighted by Gasteiger charge is -1.99. The lowest BCUT2D eigenvalue weighted by molar-refractivity contribution is 1.32. The van der Waals surface area contributed by atoms with Crippen LogP contribution in [-0.2, 0) is 5.88 Å². The molecule has 14 heavy (non-hydrogen) atoms. The Labute approximate surface area is 103 Å². The zero-order valence-electron chi connectivity index (χ0n) is 7.49. The molecule has 0 atom stereocenters. The van der Waals surface area contributed by atoms with Crippen molar-refractivity contribution in [2.24, 2.45) is 0 Å². The van der Waals surface area contributed by atoms with Gasteiger partial charge < -0.3 is 0 Å². The van der Waals surface area contributed by atoms with Crippen LogP contribution in [0.5, 0.6) is 0 Å². The monoisotopic (exact) mass is 290 g/mol. The highest BCUT2D eigenvalue weighted by molar-refractivity contribution is 9.09. The van der Waals surface area contributed by atoms with E-state index in [-0.39, 0.29) is 0 Å². The summed E-state index contributed by atoms with van der Waals surface area (Å²) in [6, 6.07) is 5.66. The third kappa shape index (κ3) is 3.53. The highest BCUT2D eigenvalue weighted by Crippen LogP contribution is 2.18. The van der Waals surface area contributed by atoms with Crippen LogP contribution in [0.1, 0.15) is 17.5 Å². The van der Waals surface area contributed by atoms with Gasteiger partial charge in [-0.1, -0.05) is 39.4 Å².